The first kappa shape index (κ1) is 45.3. The number of aliphatic imine (C=N–C) groups is 1. The van der Waals surface area contributed by atoms with Crippen molar-refractivity contribution in [1.29, 1.82) is 0 Å². The van der Waals surface area contributed by atoms with Gasteiger partial charge in [-0.2, -0.15) is 0 Å². The number of amides is 1. The summed E-state index contributed by atoms with van der Waals surface area (Å²) >= 11 is 0. The van der Waals surface area contributed by atoms with Gasteiger partial charge >= 0.3 is 12.1 Å². The van der Waals surface area contributed by atoms with E-state index >= 15 is 0 Å². The van der Waals surface area contributed by atoms with Crippen LogP contribution in [0.25, 0.3) is 10.9 Å². The Balaban J connectivity index is 1.31. The number of hydrogen-bond acceptors (Lipinski definition) is 14. The molecular formula is C46H67N5O10. The molecule has 6 heterocycles. The molecule has 5 aliphatic heterocycles. The van der Waals surface area contributed by atoms with Crippen LogP contribution in [0.3, 0.4) is 0 Å². The van der Waals surface area contributed by atoms with Crippen LogP contribution in [-0.2, 0) is 44.7 Å². The molecule has 0 spiro atoms. The van der Waals surface area contributed by atoms with Crippen molar-refractivity contribution in [2.45, 2.75) is 148 Å². The molecule has 15 nitrogen and oxygen atoms in total. The lowest BCUT2D eigenvalue weighted by Crippen LogP contribution is -2.60. The van der Waals surface area contributed by atoms with Gasteiger partial charge in [-0.25, -0.2) is 4.79 Å². The highest BCUT2D eigenvalue weighted by Gasteiger charge is 2.60. The van der Waals surface area contributed by atoms with E-state index in [0.717, 1.165) is 27.9 Å². The fraction of sp³-hybridized carbons (Fsp3) is 0.717. The first-order valence-electron chi connectivity index (χ1n) is 22.1. The van der Waals surface area contributed by atoms with E-state index in [4.69, 9.17) is 38.3 Å². The van der Waals surface area contributed by atoms with Gasteiger partial charge in [-0.15, -0.1) is 0 Å². The largest absolute Gasteiger partial charge is 0.458 e. The fourth-order valence-electron chi connectivity index (χ4n) is 10.9. The highest BCUT2D eigenvalue weighted by Crippen LogP contribution is 2.45. The fourth-order valence-corrected chi connectivity index (χ4v) is 10.9. The van der Waals surface area contributed by atoms with E-state index in [-0.39, 0.29) is 43.8 Å². The maximum atomic E-state index is 14.6. The molecule has 1 N–H and O–H groups in total. The van der Waals surface area contributed by atoms with E-state index in [0.29, 0.717) is 38.1 Å². The molecule has 1 aromatic carbocycles. The van der Waals surface area contributed by atoms with Crippen molar-refractivity contribution in [2.75, 3.05) is 40.4 Å². The van der Waals surface area contributed by atoms with E-state index in [9.17, 15) is 14.7 Å². The third kappa shape index (κ3) is 8.92. The van der Waals surface area contributed by atoms with Crippen LogP contribution in [0.4, 0.5) is 4.79 Å². The molecule has 0 radical (unpaired) electrons. The summed E-state index contributed by atoms with van der Waals surface area (Å²) in [6, 6.07) is 9.27. The maximum Gasteiger partial charge on any atom is 0.410 e. The number of aryl methyl sites for hydroxylation is 1. The van der Waals surface area contributed by atoms with Crippen molar-refractivity contribution in [1.82, 2.24) is 14.8 Å². The lowest BCUT2D eigenvalue weighted by molar-refractivity contribution is -0.302. The molecule has 1 amide bonds. The van der Waals surface area contributed by atoms with Gasteiger partial charge < -0.3 is 43.3 Å². The number of cyclic esters (lactones) is 1. The summed E-state index contributed by atoms with van der Waals surface area (Å²) in [5.74, 6) is -2.26. The summed E-state index contributed by atoms with van der Waals surface area (Å²) in [6.45, 7) is 18.8. The monoisotopic (exact) mass is 849 g/mol. The zero-order valence-corrected chi connectivity index (χ0v) is 37.8. The summed E-state index contributed by atoms with van der Waals surface area (Å²) in [4.78, 5) is 47.8. The van der Waals surface area contributed by atoms with Crippen molar-refractivity contribution >= 4 is 34.4 Å². The van der Waals surface area contributed by atoms with E-state index in [1.54, 1.807) is 11.8 Å². The van der Waals surface area contributed by atoms with Crippen LogP contribution in [-0.4, -0.2) is 144 Å². The van der Waals surface area contributed by atoms with Crippen molar-refractivity contribution in [3.8, 4) is 0 Å². The number of oxime groups is 1. The van der Waals surface area contributed by atoms with E-state index in [1.807, 2.05) is 90.9 Å². The Hall–Kier alpha value is -3.73. The second-order valence-corrected chi connectivity index (χ2v) is 18.7. The third-order valence-electron chi connectivity index (χ3n) is 13.9. The Kier molecular flexibility index (Phi) is 13.5. The first-order valence-corrected chi connectivity index (χ1v) is 22.1. The van der Waals surface area contributed by atoms with Gasteiger partial charge in [0.25, 0.3) is 0 Å². The number of pyridine rings is 1. The molecular weight excluding hydrogens is 783 g/mol. The van der Waals surface area contributed by atoms with Crippen LogP contribution >= 0.6 is 0 Å². The maximum absolute atomic E-state index is 14.6. The van der Waals surface area contributed by atoms with Crippen molar-refractivity contribution in [3.05, 3.63) is 41.6 Å². The average molecular weight is 850 g/mol. The predicted molar refractivity (Wildman–Crippen MR) is 229 cm³/mol. The Morgan fingerprint density at radius 2 is 1.82 bits per heavy atom. The standard InChI is InChI=1S/C46H67N5O10/c1-12-36-46(9)40-28(5)37(47-17-18-51(40)44(54)61-46)25(2)21-45(8)41(60-43-38(52)35(50(10)11)20-27(4)58-43)29(6)39(30(7)42(53)59-36)55-23-32(24-56-45)49-57-22-31-19-26(3)48-34-16-14-13-15-33(31)34/h13-16,19,25,27-30,35-36,38-41,43,52H,12,17-18,20-24H2,1-11H3/t25-,27+,28+,29-,30-,35-,36+,38+,39+,40-,41+,43-,45-,46-/m1/s1. The summed E-state index contributed by atoms with van der Waals surface area (Å²) in [5.41, 5.74) is 1.86. The number of hydrogen-bond donors (Lipinski definition) is 1. The van der Waals surface area contributed by atoms with Crippen LogP contribution in [0.5, 0.6) is 0 Å². The van der Waals surface area contributed by atoms with Gasteiger partial charge in [-0.05, 0) is 86.0 Å². The molecule has 0 aliphatic carbocycles. The molecule has 15 heteroatoms. The van der Waals surface area contributed by atoms with Crippen LogP contribution in [0, 0.1) is 30.6 Å². The molecule has 336 valence electrons. The second kappa shape index (κ2) is 18.2. The van der Waals surface area contributed by atoms with Gasteiger partial charge in [0, 0.05) is 46.8 Å². The van der Waals surface area contributed by atoms with Crippen molar-refractivity contribution in [3.63, 3.8) is 0 Å². The number of carbonyl (C=O) groups excluding carboxylic acids is 2. The Labute approximate surface area is 360 Å². The Bertz CT molecular complexity index is 1980. The van der Waals surface area contributed by atoms with Crippen LogP contribution in [0.2, 0.25) is 0 Å². The van der Waals surface area contributed by atoms with Gasteiger partial charge in [0.2, 0.25) is 0 Å². The number of carbonyl (C=O) groups is 2. The Morgan fingerprint density at radius 3 is 2.56 bits per heavy atom. The normalized spacial score (nSPS) is 39.5. The average Bonchev–Trinajstić information content (AvgIpc) is 3.36. The minimum absolute atomic E-state index is 0.00327. The molecule has 4 bridgehead atoms. The number of para-hydroxylation sites is 1. The van der Waals surface area contributed by atoms with Gasteiger partial charge in [0.1, 0.15) is 24.5 Å². The molecule has 14 atom stereocenters. The predicted octanol–water partition coefficient (Wildman–Crippen LogP) is 5.71. The quantitative estimate of drug-likeness (QED) is 0.268. The van der Waals surface area contributed by atoms with Gasteiger partial charge in [0.05, 0.1) is 61.1 Å². The SMILES string of the molecule is CC[C@@H]1OC(=O)[C@H](C)[C@H]2OCC(=NOCc3cc(C)nc4ccccc34)CO[C@](C)(C[C@@H](C)C3=NCCN4C(=O)O[C@@]1(C)[C@H]4[C@H]3C)[C@@H](O[C@H]1O[C@@H](C)C[C@@H](N(C)C)[C@@H]1O)[C@@H]2C. The Morgan fingerprint density at radius 1 is 1.07 bits per heavy atom. The van der Waals surface area contributed by atoms with E-state index in [2.05, 4.69) is 24.0 Å². The van der Waals surface area contributed by atoms with Crippen LogP contribution in [0.15, 0.2) is 40.5 Å². The number of aliphatic hydroxyl groups is 1. The number of esters is 1. The number of nitrogens with zero attached hydrogens (tertiary/aromatic N) is 5. The molecule has 61 heavy (non-hydrogen) atoms. The van der Waals surface area contributed by atoms with E-state index in [1.165, 1.54) is 0 Å². The van der Waals surface area contributed by atoms with Crippen LogP contribution in [0.1, 0.15) is 85.9 Å². The summed E-state index contributed by atoms with van der Waals surface area (Å²) in [7, 11) is 3.88. The number of aliphatic hydroxyl groups excluding tert-OH is 1. The molecule has 7 rings (SSSR count). The number of benzene rings is 1. The van der Waals surface area contributed by atoms with Crippen molar-refractivity contribution in [2.24, 2.45) is 33.8 Å². The molecule has 5 aliphatic rings. The molecule has 1 aromatic heterocycles. The molecule has 0 saturated carbocycles. The topological polar surface area (TPSA) is 163 Å². The van der Waals surface area contributed by atoms with Gasteiger partial charge in [0.15, 0.2) is 11.9 Å². The number of ether oxygens (including phenoxy) is 6. The second-order valence-electron chi connectivity index (χ2n) is 18.7. The first-order chi connectivity index (χ1) is 28.9. The highest BCUT2D eigenvalue weighted by atomic mass is 16.7. The minimum Gasteiger partial charge on any atom is -0.458 e. The lowest BCUT2D eigenvalue weighted by Gasteiger charge is -2.48. The number of fused-ring (bicyclic) bond motifs is 5. The van der Waals surface area contributed by atoms with E-state index < -0.39 is 71.8 Å². The lowest BCUT2D eigenvalue weighted by atomic mass is 9.72. The zero-order chi connectivity index (χ0) is 44.0. The summed E-state index contributed by atoms with van der Waals surface area (Å²) < 4.78 is 40.0. The number of likely N-dealkylation sites (N-methyl/N-ethyl adjacent to an activating group) is 1. The van der Waals surface area contributed by atoms with Gasteiger partial charge in [-0.3, -0.25) is 19.7 Å². The summed E-state index contributed by atoms with van der Waals surface area (Å²) in [6.07, 6.45) is -3.45. The number of aromatic nitrogens is 1. The molecule has 2 aromatic rings. The molecule has 0 unspecified atom stereocenters. The number of rotatable bonds is 7. The highest BCUT2D eigenvalue weighted by molar-refractivity contribution is 5.91. The summed E-state index contributed by atoms with van der Waals surface area (Å²) in [5, 5.41) is 17.4. The van der Waals surface area contributed by atoms with Crippen LogP contribution < -0.4 is 0 Å². The molecule has 4 saturated heterocycles. The minimum atomic E-state index is -1.14. The third-order valence-corrected chi connectivity index (χ3v) is 13.9. The van der Waals surface area contributed by atoms with Gasteiger partial charge in [-0.1, -0.05) is 51.0 Å². The smallest absolute Gasteiger partial charge is 0.410 e. The zero-order valence-electron chi connectivity index (χ0n) is 37.8. The molecule has 4 fully saturated rings. The van der Waals surface area contributed by atoms with Crippen molar-refractivity contribution < 1.29 is 48.0 Å².